The Morgan fingerprint density at radius 2 is 2.19 bits per heavy atom. The molecule has 0 aromatic carbocycles. The lowest BCUT2D eigenvalue weighted by Gasteiger charge is -2.36. The molecule has 4 heteroatoms. The zero-order valence-corrected chi connectivity index (χ0v) is 10.3. The van der Waals surface area contributed by atoms with Crippen LogP contribution in [0.15, 0.2) is 0 Å². The summed E-state index contributed by atoms with van der Waals surface area (Å²) in [5, 5.41) is 8.99. The molecule has 0 aliphatic carbocycles. The molecule has 0 radical (unpaired) electrons. The van der Waals surface area contributed by atoms with Crippen molar-refractivity contribution >= 4 is 5.97 Å². The van der Waals surface area contributed by atoms with E-state index in [0.29, 0.717) is 12.5 Å². The van der Waals surface area contributed by atoms with E-state index in [1.54, 1.807) is 0 Å². The highest BCUT2D eigenvalue weighted by molar-refractivity contribution is 5.67. The first kappa shape index (κ1) is 13.5. The monoisotopic (exact) mass is 229 g/mol. The van der Waals surface area contributed by atoms with Crippen molar-refractivity contribution in [2.24, 2.45) is 5.92 Å². The van der Waals surface area contributed by atoms with Crippen molar-refractivity contribution in [2.45, 2.75) is 39.2 Å². The standard InChI is InChI=1S/C12H23NO3/c1-3-13(4-2)11(8-12(14)15)10-6-5-7-16-9-10/h10-11H,3-9H2,1-2H3,(H,14,15). The Labute approximate surface area is 97.6 Å². The predicted molar refractivity (Wildman–Crippen MR) is 62.5 cm³/mol. The molecule has 94 valence electrons. The van der Waals surface area contributed by atoms with Crippen molar-refractivity contribution in [2.75, 3.05) is 26.3 Å². The zero-order valence-electron chi connectivity index (χ0n) is 10.3. The molecule has 0 spiro atoms. The van der Waals surface area contributed by atoms with Crippen LogP contribution in [0.3, 0.4) is 0 Å². The number of rotatable bonds is 6. The second-order valence-electron chi connectivity index (χ2n) is 4.36. The summed E-state index contributed by atoms with van der Waals surface area (Å²) >= 11 is 0. The van der Waals surface area contributed by atoms with Crippen molar-refractivity contribution in [3.8, 4) is 0 Å². The second-order valence-corrected chi connectivity index (χ2v) is 4.36. The summed E-state index contributed by atoms with van der Waals surface area (Å²) in [6, 6.07) is 0.132. The molecule has 4 nitrogen and oxygen atoms in total. The second kappa shape index (κ2) is 6.86. The van der Waals surface area contributed by atoms with Crippen LogP contribution in [0.1, 0.15) is 33.1 Å². The van der Waals surface area contributed by atoms with Gasteiger partial charge in [-0.05, 0) is 31.8 Å². The van der Waals surface area contributed by atoms with Gasteiger partial charge >= 0.3 is 5.97 Å². The molecule has 1 rings (SSSR count). The Bertz CT molecular complexity index is 210. The van der Waals surface area contributed by atoms with Gasteiger partial charge in [0.15, 0.2) is 0 Å². The third-order valence-electron chi connectivity index (χ3n) is 3.40. The molecule has 1 saturated heterocycles. The van der Waals surface area contributed by atoms with Gasteiger partial charge in [-0.3, -0.25) is 9.69 Å². The van der Waals surface area contributed by atoms with Crippen molar-refractivity contribution in [3.05, 3.63) is 0 Å². The summed E-state index contributed by atoms with van der Waals surface area (Å²) in [6.45, 7) is 7.53. The van der Waals surface area contributed by atoms with Gasteiger partial charge in [0.1, 0.15) is 0 Å². The normalized spacial score (nSPS) is 23.3. The Kier molecular flexibility index (Phi) is 5.77. The van der Waals surface area contributed by atoms with Crippen LogP contribution in [0.5, 0.6) is 0 Å². The average molecular weight is 229 g/mol. The number of carboxylic acids is 1. The van der Waals surface area contributed by atoms with Gasteiger partial charge in [-0.2, -0.15) is 0 Å². The third-order valence-corrected chi connectivity index (χ3v) is 3.40. The van der Waals surface area contributed by atoms with Crippen LogP contribution < -0.4 is 0 Å². The van der Waals surface area contributed by atoms with Crippen molar-refractivity contribution < 1.29 is 14.6 Å². The van der Waals surface area contributed by atoms with Gasteiger partial charge in [-0.1, -0.05) is 13.8 Å². The van der Waals surface area contributed by atoms with Gasteiger partial charge in [0, 0.05) is 12.6 Å². The molecule has 1 fully saturated rings. The number of carbonyl (C=O) groups is 1. The highest BCUT2D eigenvalue weighted by atomic mass is 16.5. The van der Waals surface area contributed by atoms with Gasteiger partial charge in [0.05, 0.1) is 13.0 Å². The number of hydrogen-bond donors (Lipinski definition) is 1. The number of aliphatic carboxylic acids is 1. The topological polar surface area (TPSA) is 49.8 Å². The van der Waals surface area contributed by atoms with Gasteiger partial charge in [-0.15, -0.1) is 0 Å². The quantitative estimate of drug-likeness (QED) is 0.751. The molecular formula is C12H23NO3. The smallest absolute Gasteiger partial charge is 0.304 e. The summed E-state index contributed by atoms with van der Waals surface area (Å²) in [5.74, 6) is -0.327. The van der Waals surface area contributed by atoms with Gasteiger partial charge in [-0.25, -0.2) is 0 Å². The van der Waals surface area contributed by atoms with Crippen LogP contribution in [-0.2, 0) is 9.53 Å². The van der Waals surface area contributed by atoms with Crippen molar-refractivity contribution in [3.63, 3.8) is 0 Å². The molecule has 0 aromatic heterocycles. The van der Waals surface area contributed by atoms with E-state index in [1.807, 2.05) is 0 Å². The molecule has 1 heterocycles. The van der Waals surface area contributed by atoms with E-state index >= 15 is 0 Å². The highest BCUT2D eigenvalue weighted by Gasteiger charge is 2.29. The Hall–Kier alpha value is -0.610. The first-order chi connectivity index (χ1) is 7.69. The number of carboxylic acid groups (broad SMARTS) is 1. The van der Waals surface area contributed by atoms with Crippen LogP contribution in [-0.4, -0.2) is 48.3 Å². The average Bonchev–Trinajstić information content (AvgIpc) is 2.30. The van der Waals surface area contributed by atoms with E-state index in [4.69, 9.17) is 9.84 Å². The zero-order chi connectivity index (χ0) is 12.0. The number of nitrogens with zero attached hydrogens (tertiary/aromatic N) is 1. The fourth-order valence-corrected chi connectivity index (χ4v) is 2.53. The Morgan fingerprint density at radius 1 is 1.50 bits per heavy atom. The van der Waals surface area contributed by atoms with Crippen LogP contribution in [0.25, 0.3) is 0 Å². The van der Waals surface area contributed by atoms with E-state index in [9.17, 15) is 4.79 Å². The minimum absolute atomic E-state index is 0.132. The maximum atomic E-state index is 10.9. The first-order valence-corrected chi connectivity index (χ1v) is 6.22. The molecule has 16 heavy (non-hydrogen) atoms. The summed E-state index contributed by atoms with van der Waals surface area (Å²) in [7, 11) is 0. The molecule has 0 saturated carbocycles. The van der Waals surface area contributed by atoms with Crippen LogP contribution in [0, 0.1) is 5.92 Å². The van der Waals surface area contributed by atoms with Gasteiger partial charge in [0.2, 0.25) is 0 Å². The first-order valence-electron chi connectivity index (χ1n) is 6.22. The fourth-order valence-electron chi connectivity index (χ4n) is 2.53. The maximum Gasteiger partial charge on any atom is 0.304 e. The summed E-state index contributed by atoms with van der Waals surface area (Å²) < 4.78 is 5.46. The lowest BCUT2D eigenvalue weighted by atomic mass is 9.90. The Morgan fingerprint density at radius 3 is 2.62 bits per heavy atom. The highest BCUT2D eigenvalue weighted by Crippen LogP contribution is 2.23. The van der Waals surface area contributed by atoms with E-state index < -0.39 is 5.97 Å². The third kappa shape index (κ3) is 3.76. The maximum absolute atomic E-state index is 10.9. The van der Waals surface area contributed by atoms with Crippen molar-refractivity contribution in [1.82, 2.24) is 4.90 Å². The van der Waals surface area contributed by atoms with E-state index in [-0.39, 0.29) is 12.5 Å². The molecule has 0 aromatic rings. The van der Waals surface area contributed by atoms with E-state index in [0.717, 1.165) is 32.5 Å². The minimum Gasteiger partial charge on any atom is -0.481 e. The number of hydrogen-bond acceptors (Lipinski definition) is 3. The summed E-state index contributed by atoms with van der Waals surface area (Å²) in [6.07, 6.45) is 2.38. The molecule has 2 unspecified atom stereocenters. The van der Waals surface area contributed by atoms with Crippen LogP contribution in [0.4, 0.5) is 0 Å². The van der Waals surface area contributed by atoms with Crippen LogP contribution in [0.2, 0.25) is 0 Å². The molecule has 0 amide bonds. The minimum atomic E-state index is -0.706. The molecule has 0 bridgehead atoms. The summed E-state index contributed by atoms with van der Waals surface area (Å²) in [4.78, 5) is 13.2. The molecular weight excluding hydrogens is 206 g/mol. The molecule has 1 aliphatic heterocycles. The molecule has 1 N–H and O–H groups in total. The van der Waals surface area contributed by atoms with Crippen molar-refractivity contribution in [1.29, 1.82) is 0 Å². The SMILES string of the molecule is CCN(CC)C(CC(=O)O)C1CCCOC1. The lowest BCUT2D eigenvalue weighted by molar-refractivity contribution is -0.139. The predicted octanol–water partition coefficient (Wildman–Crippen LogP) is 1.60. The lowest BCUT2D eigenvalue weighted by Crippen LogP contribution is -2.44. The van der Waals surface area contributed by atoms with E-state index in [1.165, 1.54) is 0 Å². The summed E-state index contributed by atoms with van der Waals surface area (Å²) in [5.41, 5.74) is 0. The molecule has 2 atom stereocenters. The fraction of sp³-hybridized carbons (Fsp3) is 0.917. The Balaban J connectivity index is 2.63. The van der Waals surface area contributed by atoms with Crippen LogP contribution >= 0.6 is 0 Å². The molecule has 1 aliphatic rings. The van der Waals surface area contributed by atoms with E-state index in [2.05, 4.69) is 18.7 Å². The largest absolute Gasteiger partial charge is 0.481 e. The van der Waals surface area contributed by atoms with Gasteiger partial charge in [0.25, 0.3) is 0 Å². The van der Waals surface area contributed by atoms with Gasteiger partial charge < -0.3 is 9.84 Å². The number of ether oxygens (including phenoxy) is 1.